The lowest BCUT2D eigenvalue weighted by Crippen LogP contribution is -2.34. The Labute approximate surface area is 121 Å². The van der Waals surface area contributed by atoms with E-state index in [1.54, 1.807) is 7.11 Å². The summed E-state index contributed by atoms with van der Waals surface area (Å²) < 4.78 is 11.1. The van der Waals surface area contributed by atoms with Crippen LogP contribution in [-0.2, 0) is 0 Å². The van der Waals surface area contributed by atoms with Gasteiger partial charge in [0.25, 0.3) is 0 Å². The monoisotopic (exact) mass is 275 g/mol. The van der Waals surface area contributed by atoms with E-state index in [1.165, 1.54) is 24.8 Å². The highest BCUT2D eigenvalue weighted by Crippen LogP contribution is 2.40. The van der Waals surface area contributed by atoms with Crippen LogP contribution >= 0.6 is 0 Å². The lowest BCUT2D eigenvalue weighted by molar-refractivity contribution is 0.240. The van der Waals surface area contributed by atoms with Gasteiger partial charge < -0.3 is 14.8 Å². The molecule has 1 fully saturated rings. The summed E-state index contributed by atoms with van der Waals surface area (Å²) in [7, 11) is 1.72. The second-order valence-electron chi connectivity index (χ2n) is 6.86. The summed E-state index contributed by atoms with van der Waals surface area (Å²) in [5, 5.41) is 3.85. The van der Waals surface area contributed by atoms with Crippen LogP contribution in [0, 0.1) is 5.41 Å². The average Bonchev–Trinajstić information content (AvgIpc) is 2.78. The van der Waals surface area contributed by atoms with Gasteiger partial charge in [0.15, 0.2) is 0 Å². The van der Waals surface area contributed by atoms with E-state index in [9.17, 15) is 0 Å². The van der Waals surface area contributed by atoms with E-state index in [4.69, 9.17) is 9.47 Å². The first-order valence-electron chi connectivity index (χ1n) is 7.64. The summed E-state index contributed by atoms with van der Waals surface area (Å²) in [6.07, 6.45) is 4.91. The SMILES string of the molecule is COc1ccc2c(c1)C(NC1CCC(C)(C)C1)CCO2. The maximum atomic E-state index is 5.76. The summed E-state index contributed by atoms with van der Waals surface area (Å²) in [6.45, 7) is 5.54. The van der Waals surface area contributed by atoms with Crippen LogP contribution < -0.4 is 14.8 Å². The van der Waals surface area contributed by atoms with Crippen molar-refractivity contribution in [3.8, 4) is 11.5 Å². The molecule has 0 amide bonds. The maximum absolute atomic E-state index is 5.76. The molecule has 3 rings (SSSR count). The van der Waals surface area contributed by atoms with E-state index in [0.717, 1.165) is 24.5 Å². The molecule has 0 spiro atoms. The van der Waals surface area contributed by atoms with Crippen LogP contribution in [0.4, 0.5) is 0 Å². The third kappa shape index (κ3) is 2.78. The number of rotatable bonds is 3. The molecule has 1 heterocycles. The second-order valence-corrected chi connectivity index (χ2v) is 6.86. The Bertz CT molecular complexity index is 484. The van der Waals surface area contributed by atoms with Gasteiger partial charge in [-0.1, -0.05) is 13.8 Å². The zero-order chi connectivity index (χ0) is 14.2. The minimum absolute atomic E-state index is 0.396. The molecule has 1 aromatic carbocycles. The van der Waals surface area contributed by atoms with Gasteiger partial charge in [0.1, 0.15) is 11.5 Å². The number of hydrogen-bond donors (Lipinski definition) is 1. The van der Waals surface area contributed by atoms with Crippen molar-refractivity contribution in [1.82, 2.24) is 5.32 Å². The topological polar surface area (TPSA) is 30.5 Å². The summed E-state index contributed by atoms with van der Waals surface area (Å²) >= 11 is 0. The number of benzene rings is 1. The minimum atomic E-state index is 0.396. The Morgan fingerprint density at radius 3 is 2.85 bits per heavy atom. The Morgan fingerprint density at radius 2 is 2.15 bits per heavy atom. The van der Waals surface area contributed by atoms with Crippen molar-refractivity contribution in [2.75, 3.05) is 13.7 Å². The molecule has 2 aliphatic rings. The lowest BCUT2D eigenvalue weighted by atomic mass is 9.91. The van der Waals surface area contributed by atoms with Gasteiger partial charge in [-0.25, -0.2) is 0 Å². The van der Waals surface area contributed by atoms with Gasteiger partial charge in [-0.2, -0.15) is 0 Å². The Hall–Kier alpha value is -1.22. The Balaban J connectivity index is 1.76. The Morgan fingerprint density at radius 1 is 1.30 bits per heavy atom. The zero-order valence-corrected chi connectivity index (χ0v) is 12.7. The highest BCUT2D eigenvalue weighted by molar-refractivity contribution is 5.43. The molecule has 1 aromatic rings. The van der Waals surface area contributed by atoms with E-state index >= 15 is 0 Å². The minimum Gasteiger partial charge on any atom is -0.497 e. The van der Waals surface area contributed by atoms with E-state index in [-0.39, 0.29) is 0 Å². The molecule has 1 N–H and O–H groups in total. The highest BCUT2D eigenvalue weighted by Gasteiger charge is 2.33. The van der Waals surface area contributed by atoms with Crippen molar-refractivity contribution in [3.05, 3.63) is 23.8 Å². The molecule has 0 saturated heterocycles. The standard InChI is InChI=1S/C17H25NO2/c1-17(2)8-6-12(11-17)18-15-7-9-20-16-5-4-13(19-3)10-14(15)16/h4-5,10,12,15,18H,6-9,11H2,1-3H3. The van der Waals surface area contributed by atoms with Crippen molar-refractivity contribution in [2.45, 2.75) is 51.6 Å². The van der Waals surface area contributed by atoms with Crippen molar-refractivity contribution in [3.63, 3.8) is 0 Å². The van der Waals surface area contributed by atoms with Crippen LogP contribution in [0.15, 0.2) is 18.2 Å². The maximum Gasteiger partial charge on any atom is 0.124 e. The van der Waals surface area contributed by atoms with Crippen molar-refractivity contribution in [2.24, 2.45) is 5.41 Å². The number of ether oxygens (including phenoxy) is 2. The van der Waals surface area contributed by atoms with Crippen LogP contribution in [0.2, 0.25) is 0 Å². The lowest BCUT2D eigenvalue weighted by Gasteiger charge is -2.30. The van der Waals surface area contributed by atoms with E-state index in [2.05, 4.69) is 25.2 Å². The first kappa shape index (κ1) is 13.7. The number of hydrogen-bond acceptors (Lipinski definition) is 3. The average molecular weight is 275 g/mol. The van der Waals surface area contributed by atoms with E-state index < -0.39 is 0 Å². The van der Waals surface area contributed by atoms with Gasteiger partial charge in [0.2, 0.25) is 0 Å². The largest absolute Gasteiger partial charge is 0.497 e. The molecule has 3 nitrogen and oxygen atoms in total. The zero-order valence-electron chi connectivity index (χ0n) is 12.7. The van der Waals surface area contributed by atoms with Crippen molar-refractivity contribution < 1.29 is 9.47 Å². The summed E-state index contributed by atoms with van der Waals surface area (Å²) in [5.41, 5.74) is 1.74. The van der Waals surface area contributed by atoms with Gasteiger partial charge in [-0.15, -0.1) is 0 Å². The summed E-state index contributed by atoms with van der Waals surface area (Å²) in [4.78, 5) is 0. The molecule has 2 unspecified atom stereocenters. The molecule has 1 saturated carbocycles. The molecule has 110 valence electrons. The molecule has 2 atom stereocenters. The van der Waals surface area contributed by atoms with Gasteiger partial charge in [0.05, 0.1) is 13.7 Å². The smallest absolute Gasteiger partial charge is 0.124 e. The van der Waals surface area contributed by atoms with Crippen molar-refractivity contribution in [1.29, 1.82) is 0 Å². The third-order valence-corrected chi connectivity index (χ3v) is 4.66. The fourth-order valence-corrected chi connectivity index (χ4v) is 3.54. The van der Waals surface area contributed by atoms with Crippen LogP contribution in [0.1, 0.15) is 51.1 Å². The molecular weight excluding hydrogens is 250 g/mol. The number of methoxy groups -OCH3 is 1. The fraction of sp³-hybridized carbons (Fsp3) is 0.647. The normalized spacial score (nSPS) is 27.8. The third-order valence-electron chi connectivity index (χ3n) is 4.66. The molecule has 1 aliphatic heterocycles. The summed E-state index contributed by atoms with van der Waals surface area (Å²) in [6, 6.07) is 7.15. The van der Waals surface area contributed by atoms with Gasteiger partial charge in [-0.3, -0.25) is 0 Å². The van der Waals surface area contributed by atoms with Gasteiger partial charge >= 0.3 is 0 Å². The summed E-state index contributed by atoms with van der Waals surface area (Å²) in [5.74, 6) is 1.92. The molecular formula is C17H25NO2. The molecule has 0 radical (unpaired) electrons. The van der Waals surface area contributed by atoms with Crippen LogP contribution in [0.25, 0.3) is 0 Å². The van der Waals surface area contributed by atoms with Gasteiger partial charge in [0, 0.05) is 24.1 Å². The Kier molecular flexibility index (Phi) is 3.63. The molecule has 20 heavy (non-hydrogen) atoms. The quantitative estimate of drug-likeness (QED) is 0.912. The molecule has 0 aromatic heterocycles. The number of fused-ring (bicyclic) bond motifs is 1. The van der Waals surface area contributed by atoms with Crippen LogP contribution in [0.3, 0.4) is 0 Å². The molecule has 3 heteroatoms. The fourth-order valence-electron chi connectivity index (χ4n) is 3.54. The highest BCUT2D eigenvalue weighted by atomic mass is 16.5. The first-order valence-corrected chi connectivity index (χ1v) is 7.64. The van der Waals surface area contributed by atoms with E-state index in [1.807, 2.05) is 12.1 Å². The van der Waals surface area contributed by atoms with Gasteiger partial charge in [-0.05, 0) is 42.9 Å². The second kappa shape index (κ2) is 5.28. The van der Waals surface area contributed by atoms with Crippen LogP contribution in [-0.4, -0.2) is 19.8 Å². The predicted molar refractivity (Wildman–Crippen MR) is 80.4 cm³/mol. The number of nitrogens with one attached hydrogen (secondary N) is 1. The molecule has 1 aliphatic carbocycles. The van der Waals surface area contributed by atoms with Crippen molar-refractivity contribution >= 4 is 0 Å². The molecule has 0 bridgehead atoms. The van der Waals surface area contributed by atoms with E-state index in [0.29, 0.717) is 17.5 Å². The predicted octanol–water partition coefficient (Wildman–Crippen LogP) is 3.69. The first-order chi connectivity index (χ1) is 9.57. The van der Waals surface area contributed by atoms with Crippen LogP contribution in [0.5, 0.6) is 11.5 Å².